The quantitative estimate of drug-likeness (QED) is 0.686. The summed E-state index contributed by atoms with van der Waals surface area (Å²) < 4.78 is 5.55. The first-order chi connectivity index (χ1) is 9.92. The molecule has 0 amide bonds. The molecule has 21 heavy (non-hydrogen) atoms. The second-order valence-electron chi connectivity index (χ2n) is 4.28. The number of anilines is 1. The van der Waals surface area contributed by atoms with E-state index in [0.29, 0.717) is 22.8 Å². The second-order valence-corrected chi connectivity index (χ2v) is 4.72. The van der Waals surface area contributed by atoms with Gasteiger partial charge in [0, 0.05) is 23.6 Å². The van der Waals surface area contributed by atoms with Crippen LogP contribution in [0.4, 0.5) is 11.5 Å². The highest BCUT2D eigenvalue weighted by molar-refractivity contribution is 6.30. The summed E-state index contributed by atoms with van der Waals surface area (Å²) in [4.78, 5) is 18.8. The molecule has 2 aromatic rings. The molecule has 0 aliphatic rings. The summed E-state index contributed by atoms with van der Waals surface area (Å²) in [6.07, 6.45) is 0.568. The summed E-state index contributed by atoms with van der Waals surface area (Å²) in [5, 5.41) is 11.3. The predicted octanol–water partition coefficient (Wildman–Crippen LogP) is 3.28. The largest absolute Gasteiger partial charge is 0.431 e. The molecule has 0 radical (unpaired) electrons. The minimum atomic E-state index is -0.549. The molecule has 0 atom stereocenters. The molecule has 0 saturated heterocycles. The van der Waals surface area contributed by atoms with Crippen LogP contribution in [0.5, 0.6) is 11.6 Å². The zero-order valence-electron chi connectivity index (χ0n) is 11.5. The first-order valence-electron chi connectivity index (χ1n) is 6.17. The number of hydrogen-bond donors (Lipinski definition) is 1. The van der Waals surface area contributed by atoms with Crippen LogP contribution in [0.1, 0.15) is 18.3 Å². The monoisotopic (exact) mass is 308 g/mol. The van der Waals surface area contributed by atoms with Gasteiger partial charge in [0.1, 0.15) is 11.6 Å². The molecule has 110 valence electrons. The fraction of sp³-hybridized carbons (Fsp3) is 0.231. The SMILES string of the molecule is CCc1nc(N)c(C)c(Oc2cc(Cl)ccc2[N+](=O)[O-])n1. The van der Waals surface area contributed by atoms with Crippen LogP contribution in [0, 0.1) is 17.0 Å². The zero-order valence-corrected chi connectivity index (χ0v) is 12.2. The molecule has 2 N–H and O–H groups in total. The van der Waals surface area contributed by atoms with Crippen molar-refractivity contribution in [2.24, 2.45) is 0 Å². The maximum atomic E-state index is 11.0. The summed E-state index contributed by atoms with van der Waals surface area (Å²) in [5.41, 5.74) is 6.10. The van der Waals surface area contributed by atoms with Gasteiger partial charge in [-0.2, -0.15) is 4.98 Å². The Kier molecular flexibility index (Phi) is 4.23. The molecule has 0 aliphatic carbocycles. The average molecular weight is 309 g/mol. The lowest BCUT2D eigenvalue weighted by Crippen LogP contribution is -2.05. The van der Waals surface area contributed by atoms with Gasteiger partial charge in [0.25, 0.3) is 0 Å². The van der Waals surface area contributed by atoms with E-state index in [1.807, 2.05) is 6.92 Å². The van der Waals surface area contributed by atoms with Gasteiger partial charge in [0.05, 0.1) is 10.5 Å². The number of nitrogens with two attached hydrogens (primary N) is 1. The smallest absolute Gasteiger partial charge is 0.311 e. The van der Waals surface area contributed by atoms with Gasteiger partial charge in [-0.15, -0.1) is 0 Å². The third-order valence-electron chi connectivity index (χ3n) is 2.83. The van der Waals surface area contributed by atoms with Crippen LogP contribution in [0.15, 0.2) is 18.2 Å². The fourth-order valence-electron chi connectivity index (χ4n) is 1.64. The van der Waals surface area contributed by atoms with Gasteiger partial charge < -0.3 is 10.5 Å². The number of aryl methyl sites for hydroxylation is 1. The summed E-state index contributed by atoms with van der Waals surface area (Å²) in [6.45, 7) is 3.55. The molecule has 7 nitrogen and oxygen atoms in total. The highest BCUT2D eigenvalue weighted by Gasteiger charge is 2.19. The molecule has 1 aromatic carbocycles. The average Bonchev–Trinajstić information content (AvgIpc) is 2.43. The summed E-state index contributed by atoms with van der Waals surface area (Å²) in [7, 11) is 0. The highest BCUT2D eigenvalue weighted by Crippen LogP contribution is 2.34. The Labute approximate surface area is 125 Å². The van der Waals surface area contributed by atoms with Crippen LogP contribution >= 0.6 is 11.6 Å². The Morgan fingerprint density at radius 3 is 2.76 bits per heavy atom. The van der Waals surface area contributed by atoms with Crippen LogP contribution < -0.4 is 10.5 Å². The van der Waals surface area contributed by atoms with Crippen molar-refractivity contribution in [3.05, 3.63) is 44.7 Å². The number of hydrogen-bond acceptors (Lipinski definition) is 6. The molecule has 8 heteroatoms. The van der Waals surface area contributed by atoms with E-state index in [1.165, 1.54) is 18.2 Å². The number of rotatable bonds is 4. The topological polar surface area (TPSA) is 104 Å². The number of halogens is 1. The van der Waals surface area contributed by atoms with E-state index in [0.717, 1.165) is 0 Å². The van der Waals surface area contributed by atoms with Crippen LogP contribution in [0.25, 0.3) is 0 Å². The summed E-state index contributed by atoms with van der Waals surface area (Å²) >= 11 is 5.86. The summed E-state index contributed by atoms with van der Waals surface area (Å²) in [5.74, 6) is 0.972. The molecule has 0 unspecified atom stereocenters. The predicted molar refractivity (Wildman–Crippen MR) is 78.7 cm³/mol. The molecule has 0 spiro atoms. The Morgan fingerprint density at radius 1 is 1.43 bits per heavy atom. The first kappa shape index (κ1) is 15.0. The van der Waals surface area contributed by atoms with E-state index in [2.05, 4.69) is 9.97 Å². The van der Waals surface area contributed by atoms with Crippen LogP contribution in [-0.4, -0.2) is 14.9 Å². The van der Waals surface area contributed by atoms with Gasteiger partial charge in [-0.3, -0.25) is 10.1 Å². The van der Waals surface area contributed by atoms with Crippen molar-refractivity contribution in [2.45, 2.75) is 20.3 Å². The molecule has 0 saturated carbocycles. The van der Waals surface area contributed by atoms with Gasteiger partial charge in [-0.25, -0.2) is 4.98 Å². The van der Waals surface area contributed by atoms with E-state index in [-0.39, 0.29) is 23.1 Å². The van der Waals surface area contributed by atoms with Crippen LogP contribution in [0.3, 0.4) is 0 Å². The van der Waals surface area contributed by atoms with E-state index in [1.54, 1.807) is 6.92 Å². The first-order valence-corrected chi connectivity index (χ1v) is 6.55. The van der Waals surface area contributed by atoms with Gasteiger partial charge in [0.2, 0.25) is 11.6 Å². The van der Waals surface area contributed by atoms with Gasteiger partial charge >= 0.3 is 5.69 Å². The number of nitro benzene ring substituents is 1. The number of nitrogen functional groups attached to an aromatic ring is 1. The van der Waals surface area contributed by atoms with E-state index in [4.69, 9.17) is 22.1 Å². The van der Waals surface area contributed by atoms with E-state index in [9.17, 15) is 10.1 Å². The van der Waals surface area contributed by atoms with Crippen LogP contribution in [0.2, 0.25) is 5.02 Å². The number of nitrogens with zero attached hydrogens (tertiary/aromatic N) is 3. The number of nitro groups is 1. The van der Waals surface area contributed by atoms with Crippen molar-refractivity contribution < 1.29 is 9.66 Å². The fourth-order valence-corrected chi connectivity index (χ4v) is 1.80. The molecule has 0 aliphatic heterocycles. The van der Waals surface area contributed by atoms with Crippen molar-refractivity contribution in [1.82, 2.24) is 9.97 Å². The van der Waals surface area contributed by atoms with Gasteiger partial charge in [-0.05, 0) is 13.0 Å². The molecule has 2 rings (SSSR count). The third-order valence-corrected chi connectivity index (χ3v) is 3.06. The Balaban J connectivity index is 2.49. The Morgan fingerprint density at radius 2 is 2.14 bits per heavy atom. The lowest BCUT2D eigenvalue weighted by atomic mass is 10.3. The van der Waals surface area contributed by atoms with Gasteiger partial charge in [-0.1, -0.05) is 18.5 Å². The lowest BCUT2D eigenvalue weighted by molar-refractivity contribution is -0.385. The molecule has 1 heterocycles. The maximum Gasteiger partial charge on any atom is 0.311 e. The van der Waals surface area contributed by atoms with E-state index >= 15 is 0 Å². The van der Waals surface area contributed by atoms with Crippen LogP contribution in [-0.2, 0) is 6.42 Å². The molecule has 0 fully saturated rings. The lowest BCUT2D eigenvalue weighted by Gasteiger charge is -2.10. The Bertz CT molecular complexity index is 706. The number of benzene rings is 1. The number of aromatic nitrogens is 2. The van der Waals surface area contributed by atoms with Gasteiger partial charge in [0.15, 0.2) is 0 Å². The Hall–Kier alpha value is -2.41. The van der Waals surface area contributed by atoms with Crippen molar-refractivity contribution >= 4 is 23.1 Å². The minimum Gasteiger partial charge on any atom is -0.431 e. The number of ether oxygens (including phenoxy) is 1. The zero-order chi connectivity index (χ0) is 15.6. The second kappa shape index (κ2) is 5.92. The normalized spacial score (nSPS) is 10.4. The highest BCUT2D eigenvalue weighted by atomic mass is 35.5. The minimum absolute atomic E-state index is 0.00996. The van der Waals surface area contributed by atoms with Crippen molar-refractivity contribution in [3.8, 4) is 11.6 Å². The molecular formula is C13H13ClN4O3. The summed E-state index contributed by atoms with van der Waals surface area (Å²) in [6, 6.07) is 4.06. The van der Waals surface area contributed by atoms with Crippen molar-refractivity contribution in [3.63, 3.8) is 0 Å². The molecule has 1 aromatic heterocycles. The standard InChI is InChI=1S/C13H13ClN4O3/c1-3-11-16-12(15)7(2)13(17-11)21-10-6-8(14)4-5-9(10)18(19)20/h4-6H,3H2,1-2H3,(H2,15,16,17). The molecule has 0 bridgehead atoms. The maximum absolute atomic E-state index is 11.0. The van der Waals surface area contributed by atoms with Crippen molar-refractivity contribution in [2.75, 3.05) is 5.73 Å². The molecular weight excluding hydrogens is 296 g/mol. The third kappa shape index (κ3) is 3.19. The van der Waals surface area contributed by atoms with E-state index < -0.39 is 4.92 Å². The van der Waals surface area contributed by atoms with Crippen molar-refractivity contribution in [1.29, 1.82) is 0 Å².